The van der Waals surface area contributed by atoms with Gasteiger partial charge in [0.15, 0.2) is 0 Å². The Morgan fingerprint density at radius 2 is 1.44 bits per heavy atom. The van der Waals surface area contributed by atoms with E-state index in [0.717, 1.165) is 5.92 Å². The Labute approximate surface area is 115 Å². The molecule has 0 atom stereocenters. The molecule has 0 N–H and O–H groups in total. The Kier molecular flexibility index (Phi) is 4.58. The molecule has 1 heterocycles. The molecule has 18 heavy (non-hydrogen) atoms. The van der Waals surface area contributed by atoms with E-state index in [0.29, 0.717) is 16.5 Å². The highest BCUT2D eigenvalue weighted by atomic mass is 15.2. The normalized spacial score (nSPS) is 25.3. The van der Waals surface area contributed by atoms with Crippen LogP contribution in [0.15, 0.2) is 0 Å². The van der Waals surface area contributed by atoms with Gasteiger partial charge in [0.05, 0.1) is 0 Å². The van der Waals surface area contributed by atoms with Crippen LogP contribution in [-0.4, -0.2) is 23.0 Å². The highest BCUT2D eigenvalue weighted by Gasteiger charge is 2.42. The molecule has 0 aliphatic carbocycles. The molecular weight excluding hydrogens is 218 g/mol. The Bertz CT molecular complexity index is 252. The largest absolute Gasteiger partial charge is 0.296 e. The van der Waals surface area contributed by atoms with Crippen LogP contribution in [0.1, 0.15) is 80.6 Å². The second-order valence-corrected chi connectivity index (χ2v) is 8.91. The zero-order chi connectivity index (χ0) is 14.2. The van der Waals surface area contributed by atoms with Gasteiger partial charge in [-0.2, -0.15) is 0 Å². The SMILES string of the molecule is CN1C(C)(C)CC(CCCC(C)(C)C)CC1(C)C. The van der Waals surface area contributed by atoms with Crippen LogP contribution in [0, 0.1) is 11.3 Å². The highest BCUT2D eigenvalue weighted by Crippen LogP contribution is 2.42. The number of hydrogen-bond donors (Lipinski definition) is 0. The van der Waals surface area contributed by atoms with Crippen LogP contribution in [-0.2, 0) is 0 Å². The van der Waals surface area contributed by atoms with Gasteiger partial charge in [-0.15, -0.1) is 0 Å². The van der Waals surface area contributed by atoms with Crippen molar-refractivity contribution in [1.82, 2.24) is 4.90 Å². The molecule has 1 saturated heterocycles. The van der Waals surface area contributed by atoms with Crippen molar-refractivity contribution in [2.24, 2.45) is 11.3 Å². The third-order valence-electron chi connectivity index (χ3n) is 4.93. The fourth-order valence-electron chi connectivity index (χ4n) is 3.70. The molecule has 1 aliphatic rings. The van der Waals surface area contributed by atoms with E-state index in [1.807, 2.05) is 0 Å². The third kappa shape index (κ3) is 4.26. The van der Waals surface area contributed by atoms with Crippen molar-refractivity contribution in [3.05, 3.63) is 0 Å². The van der Waals surface area contributed by atoms with Gasteiger partial charge in [-0.25, -0.2) is 0 Å². The summed E-state index contributed by atoms with van der Waals surface area (Å²) >= 11 is 0. The second kappa shape index (κ2) is 5.15. The van der Waals surface area contributed by atoms with E-state index >= 15 is 0 Å². The highest BCUT2D eigenvalue weighted by molar-refractivity contribution is 4.98. The zero-order valence-corrected chi connectivity index (χ0v) is 14.1. The summed E-state index contributed by atoms with van der Waals surface area (Å²) in [5, 5.41) is 0. The average Bonchev–Trinajstić information content (AvgIpc) is 2.11. The minimum Gasteiger partial charge on any atom is -0.296 e. The van der Waals surface area contributed by atoms with Crippen molar-refractivity contribution in [2.75, 3.05) is 7.05 Å². The van der Waals surface area contributed by atoms with Gasteiger partial charge in [-0.05, 0) is 65.3 Å². The molecule has 0 saturated carbocycles. The Balaban J connectivity index is 2.54. The van der Waals surface area contributed by atoms with Crippen molar-refractivity contribution in [1.29, 1.82) is 0 Å². The second-order valence-electron chi connectivity index (χ2n) is 8.91. The first-order valence-electron chi connectivity index (χ1n) is 7.68. The fourth-order valence-corrected chi connectivity index (χ4v) is 3.70. The summed E-state index contributed by atoms with van der Waals surface area (Å²) in [6.07, 6.45) is 6.89. The molecule has 0 bridgehead atoms. The molecule has 0 aromatic carbocycles. The van der Waals surface area contributed by atoms with E-state index in [1.54, 1.807) is 0 Å². The summed E-state index contributed by atoms with van der Waals surface area (Å²) in [5.41, 5.74) is 1.21. The molecule has 0 amide bonds. The first-order chi connectivity index (χ1) is 7.94. The van der Waals surface area contributed by atoms with Crippen LogP contribution >= 0.6 is 0 Å². The van der Waals surface area contributed by atoms with Crippen LogP contribution in [0.25, 0.3) is 0 Å². The molecule has 1 rings (SSSR count). The van der Waals surface area contributed by atoms with Crippen LogP contribution in [0.4, 0.5) is 0 Å². The van der Waals surface area contributed by atoms with Gasteiger partial charge in [0.2, 0.25) is 0 Å². The van der Waals surface area contributed by atoms with E-state index in [2.05, 4.69) is 60.4 Å². The minimum atomic E-state index is 0.355. The monoisotopic (exact) mass is 253 g/mol. The molecule has 0 spiro atoms. The summed E-state index contributed by atoms with van der Waals surface area (Å²) in [6.45, 7) is 16.7. The Morgan fingerprint density at radius 3 is 1.83 bits per heavy atom. The van der Waals surface area contributed by atoms with E-state index in [-0.39, 0.29) is 0 Å². The van der Waals surface area contributed by atoms with E-state index in [4.69, 9.17) is 0 Å². The number of likely N-dealkylation sites (tertiary alicyclic amines) is 1. The maximum atomic E-state index is 2.58. The smallest absolute Gasteiger partial charge is 0.0158 e. The Morgan fingerprint density at radius 1 is 1.00 bits per heavy atom. The summed E-state index contributed by atoms with van der Waals surface area (Å²) in [7, 11) is 2.30. The molecule has 0 unspecified atom stereocenters. The van der Waals surface area contributed by atoms with Crippen LogP contribution in [0.5, 0.6) is 0 Å². The van der Waals surface area contributed by atoms with Crippen molar-refractivity contribution >= 4 is 0 Å². The van der Waals surface area contributed by atoms with Gasteiger partial charge in [0.25, 0.3) is 0 Å². The first kappa shape index (κ1) is 16.0. The fraction of sp³-hybridized carbons (Fsp3) is 1.00. The molecule has 1 heteroatoms. The number of piperidine rings is 1. The minimum absolute atomic E-state index is 0.355. The van der Waals surface area contributed by atoms with Gasteiger partial charge in [-0.3, -0.25) is 4.90 Å². The summed E-state index contributed by atoms with van der Waals surface area (Å²) in [5.74, 6) is 0.911. The topological polar surface area (TPSA) is 3.24 Å². The predicted octanol–water partition coefficient (Wildman–Crippen LogP) is 5.10. The lowest BCUT2D eigenvalue weighted by Crippen LogP contribution is -2.58. The molecule has 1 aliphatic heterocycles. The summed E-state index contributed by atoms with van der Waals surface area (Å²) < 4.78 is 0. The Hall–Kier alpha value is -0.0400. The molecule has 0 radical (unpaired) electrons. The quantitative estimate of drug-likeness (QED) is 0.676. The molecular formula is C17H35N. The molecule has 108 valence electrons. The summed E-state index contributed by atoms with van der Waals surface area (Å²) in [4.78, 5) is 2.58. The average molecular weight is 253 g/mol. The van der Waals surface area contributed by atoms with E-state index in [1.165, 1.54) is 32.1 Å². The lowest BCUT2D eigenvalue weighted by atomic mass is 9.72. The lowest BCUT2D eigenvalue weighted by Gasteiger charge is -2.54. The van der Waals surface area contributed by atoms with Gasteiger partial charge in [0.1, 0.15) is 0 Å². The van der Waals surface area contributed by atoms with Crippen LogP contribution in [0.3, 0.4) is 0 Å². The maximum Gasteiger partial charge on any atom is 0.0158 e. The van der Waals surface area contributed by atoms with Crippen LogP contribution in [0.2, 0.25) is 0 Å². The van der Waals surface area contributed by atoms with Crippen molar-refractivity contribution in [3.63, 3.8) is 0 Å². The van der Waals surface area contributed by atoms with Gasteiger partial charge >= 0.3 is 0 Å². The van der Waals surface area contributed by atoms with Crippen LogP contribution < -0.4 is 0 Å². The maximum absolute atomic E-state index is 2.58. The van der Waals surface area contributed by atoms with Gasteiger partial charge in [-0.1, -0.05) is 33.6 Å². The van der Waals surface area contributed by atoms with Crippen molar-refractivity contribution < 1.29 is 0 Å². The summed E-state index contributed by atoms with van der Waals surface area (Å²) in [6, 6.07) is 0. The third-order valence-corrected chi connectivity index (χ3v) is 4.93. The molecule has 1 nitrogen and oxygen atoms in total. The van der Waals surface area contributed by atoms with Crippen molar-refractivity contribution in [2.45, 2.75) is 91.6 Å². The lowest BCUT2D eigenvalue weighted by molar-refractivity contribution is -0.0324. The number of nitrogens with zero attached hydrogens (tertiary/aromatic N) is 1. The van der Waals surface area contributed by atoms with Crippen molar-refractivity contribution in [3.8, 4) is 0 Å². The van der Waals surface area contributed by atoms with Gasteiger partial charge in [0, 0.05) is 11.1 Å². The molecule has 1 fully saturated rings. The van der Waals surface area contributed by atoms with E-state index in [9.17, 15) is 0 Å². The molecule has 0 aromatic heterocycles. The first-order valence-corrected chi connectivity index (χ1v) is 7.68. The van der Waals surface area contributed by atoms with E-state index < -0.39 is 0 Å². The van der Waals surface area contributed by atoms with Gasteiger partial charge < -0.3 is 0 Å². The number of hydrogen-bond acceptors (Lipinski definition) is 1. The standard InChI is InChI=1S/C17H35N/c1-15(2,3)11-9-10-14-12-16(4,5)18(8)17(6,7)13-14/h14H,9-13H2,1-8H3. The zero-order valence-electron chi connectivity index (χ0n) is 14.1. The number of rotatable bonds is 3. The predicted molar refractivity (Wildman–Crippen MR) is 82.0 cm³/mol. The molecule has 0 aromatic rings.